The van der Waals surface area contributed by atoms with Gasteiger partial charge in [-0.3, -0.25) is 19.9 Å². The van der Waals surface area contributed by atoms with E-state index >= 15 is 0 Å². The molecule has 786 valence electrons. The summed E-state index contributed by atoms with van der Waals surface area (Å²) in [6.45, 7) is 28.6. The third-order valence-electron chi connectivity index (χ3n) is 22.3. The van der Waals surface area contributed by atoms with Crippen LogP contribution in [0.3, 0.4) is 0 Å². The molecule has 0 amide bonds. The number of hydrogen-bond acceptors (Lipinski definition) is 25. The first-order valence-corrected chi connectivity index (χ1v) is 48.4. The van der Waals surface area contributed by atoms with Crippen molar-refractivity contribution in [1.29, 1.82) is 0 Å². The summed E-state index contributed by atoms with van der Waals surface area (Å²) in [4.78, 5) is 88.7. The molecule has 0 spiro atoms. The Balaban J connectivity index is 0.000000276. The van der Waals surface area contributed by atoms with E-state index in [2.05, 4.69) is 220 Å². The second-order valence-electron chi connectivity index (χ2n) is 35.0. The Bertz CT molecular complexity index is 6420. The minimum atomic E-state index is -1.13. The van der Waals surface area contributed by atoms with Gasteiger partial charge in [0.15, 0.2) is 37.2 Å². The fourth-order valence-electron chi connectivity index (χ4n) is 14.4. The lowest BCUT2D eigenvalue weighted by Gasteiger charge is -2.27. The molecule has 0 bridgehead atoms. The number of carbonyl (C=O) groups is 2. The second-order valence-corrected chi connectivity index (χ2v) is 37.2. The highest BCUT2D eigenvalue weighted by atomic mass is 35.5. The van der Waals surface area contributed by atoms with Crippen LogP contribution in [0.4, 0.5) is 34.9 Å². The maximum absolute atomic E-state index is 11.7. The molecule has 0 fully saturated rings. The minimum absolute atomic E-state index is 0. The quantitative estimate of drug-likeness (QED) is 0.0285. The molecule has 6 heterocycles. The van der Waals surface area contributed by atoms with Gasteiger partial charge in [-0.05, 0) is 111 Å². The molecule has 0 aliphatic heterocycles. The predicted molar refractivity (Wildman–Crippen MR) is 609 cm³/mol. The largest absolute Gasteiger partial charge is 0.464 e. The van der Waals surface area contributed by atoms with Crippen molar-refractivity contribution < 1.29 is 38.7 Å². The van der Waals surface area contributed by atoms with Gasteiger partial charge < -0.3 is 58.5 Å². The number of anilines is 5. The Morgan fingerprint density at radius 1 is 0.273 bits per heavy atom. The first-order chi connectivity index (χ1) is 69.7. The maximum Gasteiger partial charge on any atom is 0.359 e. The lowest BCUT2D eigenvalue weighted by atomic mass is 10.0. The normalized spacial score (nSPS) is 10.6. The van der Waals surface area contributed by atoms with E-state index in [0.29, 0.717) is 117 Å². The van der Waals surface area contributed by atoms with Crippen LogP contribution in [0, 0.1) is 6.57 Å². The Kier molecular flexibility index (Phi) is 51.1. The second kappa shape index (κ2) is 61.6. The lowest BCUT2D eigenvalue weighted by Crippen LogP contribution is -2.26. The fourth-order valence-corrected chi connectivity index (χ4v) is 16.1. The number of halogens is 6. The zero-order valence-electron chi connectivity index (χ0n) is 82.6. The Morgan fingerprint density at radius 3 is 0.653 bits per heavy atom. The van der Waals surface area contributed by atoms with Crippen molar-refractivity contribution >= 4 is 116 Å². The number of hydrogen-bond donors (Lipinski definition) is 2. The summed E-state index contributed by atoms with van der Waals surface area (Å²) in [5.74, 6) is 2.39. The summed E-state index contributed by atoms with van der Waals surface area (Å²) in [7, 11) is 5.77. The molecule has 0 radical (unpaired) electrons. The average Bonchev–Trinajstić information content (AvgIpc) is 0.793. The summed E-state index contributed by atoms with van der Waals surface area (Å²) >= 11 is 36.2. The number of nitrogens with zero attached hydrogens (tertiary/aromatic N) is 18. The molecule has 150 heavy (non-hydrogen) atoms. The molecule has 0 saturated carbocycles. The summed E-state index contributed by atoms with van der Waals surface area (Å²) < 4.78 is 20.1. The van der Waals surface area contributed by atoms with Gasteiger partial charge in [-0.15, -0.1) is 0 Å². The number of benzene rings is 10. The molecule has 10 aromatic carbocycles. The van der Waals surface area contributed by atoms with Gasteiger partial charge in [-0.25, -0.2) is 44.5 Å². The van der Waals surface area contributed by atoms with Crippen LogP contribution in [-0.2, 0) is 107 Å². The molecule has 0 aliphatic carbocycles. The highest BCUT2D eigenvalue weighted by molar-refractivity contribution is 6.34. The summed E-state index contributed by atoms with van der Waals surface area (Å²) in [5.41, 5.74) is 10.1. The van der Waals surface area contributed by atoms with Gasteiger partial charge in [0.25, 0.3) is 5.82 Å². The number of carbonyl (C=O) groups excluding carboxylic acids is 2. The molecular formula is C118H134Cl6N18O8. The van der Waals surface area contributed by atoms with Crippen molar-refractivity contribution in [3.63, 3.8) is 0 Å². The summed E-state index contributed by atoms with van der Waals surface area (Å²) in [6.07, 6.45) is 9.62. The van der Waals surface area contributed by atoms with E-state index in [9.17, 15) is 19.8 Å². The van der Waals surface area contributed by atoms with Gasteiger partial charge in [0.05, 0.1) is 62.7 Å². The number of methoxy groups -OCH3 is 4. The van der Waals surface area contributed by atoms with Gasteiger partial charge >= 0.3 is 11.9 Å². The van der Waals surface area contributed by atoms with E-state index in [1.165, 1.54) is 64.9 Å². The van der Waals surface area contributed by atoms with Crippen molar-refractivity contribution in [3.05, 3.63) is 473 Å². The van der Waals surface area contributed by atoms with Crippen molar-refractivity contribution in [3.8, 4) is 0 Å². The standard InChI is InChI=1S/C23H24N4O.C22H24ClN3O.2C21H22ClN3O.C20H18ClN3O2.C6H4Cl2N2O2.5CH4/c1-23(2,28-4)21-22(24-3)26-20(15-25-21)27(16-18-11-7-5-8-12-18)17-19-13-9-6-10-14-19;1-22(2,27-3)20-21(23)25-19(14-24-20)26(15-17-10-6-4-7-11-17)16-18-12-8-5-9-13-18;2*1-21(2,26)19-20(22)24-18(13-23-19)25(14-16-9-5-3-6-10-16)15-17-11-7-4-8-12-17;1-26-20(25)18-19(21)23-17(12-22-18)24(13-15-8-4-2-5-9-15)14-16-10-6-3-7-11-16;1-12-6(11)4-5(8)10-3(7)2-9-4;;;;;/h5-15H,16-17H2,1-2,4H3;4-14H,15-16H2,1-3H3;2*3-13,26H,14-15H2,1-2H3;2-12H,13-14H2,1H3;2H,1H3;5*1H4. The smallest absolute Gasteiger partial charge is 0.359 e. The van der Waals surface area contributed by atoms with Gasteiger partial charge in [-0.1, -0.05) is 422 Å². The highest BCUT2D eigenvalue weighted by Gasteiger charge is 2.32. The summed E-state index contributed by atoms with van der Waals surface area (Å²) in [5, 5.41) is 21.3. The number of aromatic nitrogens is 12. The zero-order valence-corrected chi connectivity index (χ0v) is 87.1. The number of aliphatic hydroxyl groups is 2. The molecule has 6 aromatic heterocycles. The maximum atomic E-state index is 11.7. The summed E-state index contributed by atoms with van der Waals surface area (Å²) in [6, 6.07) is 102. The molecule has 2 N–H and O–H groups in total. The molecule has 0 saturated heterocycles. The van der Waals surface area contributed by atoms with E-state index < -0.39 is 34.3 Å². The van der Waals surface area contributed by atoms with Crippen LogP contribution >= 0.6 is 69.6 Å². The van der Waals surface area contributed by atoms with Crippen LogP contribution in [0.25, 0.3) is 4.85 Å². The van der Waals surface area contributed by atoms with Crippen molar-refractivity contribution in [2.75, 3.05) is 52.9 Å². The predicted octanol–water partition coefficient (Wildman–Crippen LogP) is 28.3. The molecule has 0 aliphatic rings. The third kappa shape index (κ3) is 38.4. The molecular weight excluding hydrogens is 2010 g/mol. The Hall–Kier alpha value is -14.3. The van der Waals surface area contributed by atoms with Gasteiger partial charge in [0, 0.05) is 79.7 Å². The minimum Gasteiger partial charge on any atom is -0.464 e. The van der Waals surface area contributed by atoms with E-state index in [-0.39, 0.29) is 80.1 Å². The van der Waals surface area contributed by atoms with E-state index in [0.717, 1.165) is 16.9 Å². The highest BCUT2D eigenvalue weighted by Crippen LogP contribution is 2.36. The number of esters is 2. The molecule has 26 nitrogen and oxygen atoms in total. The van der Waals surface area contributed by atoms with Crippen molar-refractivity contribution in [1.82, 2.24) is 59.8 Å². The van der Waals surface area contributed by atoms with E-state index in [1.54, 1.807) is 72.9 Å². The molecule has 0 unspecified atom stereocenters. The first-order valence-electron chi connectivity index (χ1n) is 46.1. The number of rotatable bonds is 33. The van der Waals surface area contributed by atoms with E-state index in [4.69, 9.17) is 85.7 Å². The van der Waals surface area contributed by atoms with Gasteiger partial charge in [0.2, 0.25) is 5.82 Å². The first kappa shape index (κ1) is 124. The number of ether oxygens (including phenoxy) is 4. The molecule has 16 aromatic rings. The van der Waals surface area contributed by atoms with Gasteiger partial charge in [-0.2, -0.15) is 0 Å². The van der Waals surface area contributed by atoms with Gasteiger partial charge in [0.1, 0.15) is 62.3 Å². The topological polar surface area (TPSA) is 287 Å². The SMILES string of the molecule is C.C.C.C.C.CC(C)(O)c1ncc(N(Cc2ccccc2)Cc2ccccc2)nc1Cl.CC(C)(O)c1ncc(N(Cc2ccccc2)Cc2ccccc2)nc1Cl.COC(=O)c1ncc(Cl)nc1Cl.COC(=O)c1ncc(N(Cc2ccccc2)Cc2ccccc2)nc1Cl.COC(C)(C)c1ncc(N(Cc2ccccc2)Cc2ccccc2)nc1Cl.[C-]#[N+]c1nc(N(Cc2ccccc2)Cc2ccccc2)cnc1C(C)(C)OC. The third-order valence-corrected chi connectivity index (χ3v) is 23.8. The monoisotopic (exact) mass is 2140 g/mol. The Labute approximate surface area is 914 Å². The van der Waals surface area contributed by atoms with Crippen LogP contribution in [0.1, 0.15) is 192 Å². The van der Waals surface area contributed by atoms with Crippen LogP contribution in [0.15, 0.2) is 340 Å². The van der Waals surface area contributed by atoms with Crippen LogP contribution in [-0.4, -0.2) is 110 Å². The van der Waals surface area contributed by atoms with E-state index in [1.807, 2.05) is 210 Å². The van der Waals surface area contributed by atoms with Crippen LogP contribution < -0.4 is 24.5 Å². The molecule has 0 atom stereocenters. The molecule has 32 heteroatoms. The Morgan fingerprint density at radius 2 is 0.460 bits per heavy atom. The van der Waals surface area contributed by atoms with Crippen LogP contribution in [0.2, 0.25) is 30.9 Å². The zero-order chi connectivity index (χ0) is 104. The van der Waals surface area contributed by atoms with Crippen molar-refractivity contribution in [2.45, 2.75) is 180 Å². The average molecular weight is 2150 g/mol. The van der Waals surface area contributed by atoms with Crippen LogP contribution in [0.5, 0.6) is 0 Å². The van der Waals surface area contributed by atoms with Crippen molar-refractivity contribution in [2.24, 2.45) is 0 Å². The lowest BCUT2D eigenvalue weighted by molar-refractivity contribution is 0.0152. The fraction of sp³-hybridized carbons (Fsp3) is 0.263. The molecule has 16 rings (SSSR count).